The Bertz CT molecular complexity index is 846. The molecule has 1 aromatic heterocycles. The van der Waals surface area contributed by atoms with Gasteiger partial charge in [-0.3, -0.25) is 9.59 Å². The second kappa shape index (κ2) is 6.90. The lowest BCUT2D eigenvalue weighted by Crippen LogP contribution is -2.36. The van der Waals surface area contributed by atoms with Crippen molar-refractivity contribution in [1.82, 2.24) is 15.1 Å². The largest absolute Gasteiger partial charge is 0.351 e. The third-order valence-electron chi connectivity index (χ3n) is 4.01. The van der Waals surface area contributed by atoms with E-state index in [9.17, 15) is 18.4 Å². The highest BCUT2D eigenvalue weighted by Gasteiger charge is 2.19. The molecule has 0 spiro atoms. The van der Waals surface area contributed by atoms with Crippen LogP contribution in [0, 0.1) is 25.5 Å². The van der Waals surface area contributed by atoms with Gasteiger partial charge >= 0.3 is 0 Å². The van der Waals surface area contributed by atoms with Crippen molar-refractivity contribution in [3.05, 3.63) is 62.6 Å². The summed E-state index contributed by atoms with van der Waals surface area (Å²) in [6.45, 7) is 5.19. The van der Waals surface area contributed by atoms with Gasteiger partial charge in [0.25, 0.3) is 11.5 Å². The summed E-state index contributed by atoms with van der Waals surface area (Å²) in [6, 6.07) is 3.32. The molecule has 0 aliphatic heterocycles. The molecule has 0 aliphatic rings. The predicted octanol–water partition coefficient (Wildman–Crippen LogP) is 2.21. The van der Waals surface area contributed by atoms with E-state index in [1.807, 2.05) is 0 Å². The minimum atomic E-state index is -0.663. The Labute approximate surface area is 138 Å². The monoisotopic (exact) mass is 335 g/mol. The molecule has 2 rings (SSSR count). The number of carbonyl (C=O) groups is 1. The van der Waals surface area contributed by atoms with Crippen LogP contribution in [0.15, 0.2) is 23.0 Å². The van der Waals surface area contributed by atoms with E-state index in [0.717, 1.165) is 10.7 Å². The van der Waals surface area contributed by atoms with E-state index in [1.165, 1.54) is 19.2 Å². The molecule has 1 heterocycles. The average Bonchev–Trinajstić information content (AvgIpc) is 2.51. The second-order valence-corrected chi connectivity index (χ2v) is 5.79. The number of aryl methyl sites for hydroxylation is 2. The van der Waals surface area contributed by atoms with Gasteiger partial charge in [-0.15, -0.1) is 0 Å². The average molecular weight is 335 g/mol. The normalized spacial score (nSPS) is 12.1. The number of benzene rings is 1. The number of hydrogen-bond acceptors (Lipinski definition) is 3. The van der Waals surface area contributed by atoms with Gasteiger partial charge < -0.3 is 5.32 Å². The molecule has 128 valence electrons. The topological polar surface area (TPSA) is 64.0 Å². The van der Waals surface area contributed by atoms with E-state index in [4.69, 9.17) is 0 Å². The van der Waals surface area contributed by atoms with Crippen LogP contribution in [0.4, 0.5) is 8.78 Å². The summed E-state index contributed by atoms with van der Waals surface area (Å²) in [6.07, 6.45) is 0. The molecule has 1 atom stereocenters. The third kappa shape index (κ3) is 3.50. The molecule has 0 aliphatic carbocycles. The van der Waals surface area contributed by atoms with Gasteiger partial charge in [0.2, 0.25) is 0 Å². The summed E-state index contributed by atoms with van der Waals surface area (Å²) in [5.74, 6) is -2.22. The van der Waals surface area contributed by atoms with Crippen LogP contribution in [0.3, 0.4) is 0 Å². The molecule has 0 fully saturated rings. The van der Waals surface area contributed by atoms with Gasteiger partial charge in [0, 0.05) is 25.6 Å². The Kier molecular flexibility index (Phi) is 5.11. The van der Waals surface area contributed by atoms with Crippen LogP contribution in [0.5, 0.6) is 0 Å². The Morgan fingerprint density at radius 3 is 2.62 bits per heavy atom. The maximum Gasteiger partial charge on any atom is 0.279 e. The van der Waals surface area contributed by atoms with E-state index in [2.05, 4.69) is 10.4 Å². The number of aromatic nitrogens is 2. The molecule has 0 unspecified atom stereocenters. The smallest absolute Gasteiger partial charge is 0.279 e. The number of nitrogens with zero attached hydrogens (tertiary/aromatic N) is 2. The van der Waals surface area contributed by atoms with Gasteiger partial charge in [0.05, 0.1) is 5.69 Å². The lowest BCUT2D eigenvalue weighted by molar-refractivity contribution is 0.0948. The molecule has 2 aromatic rings. The number of hydrogen-bond donors (Lipinski definition) is 1. The Morgan fingerprint density at radius 1 is 1.33 bits per heavy atom. The van der Waals surface area contributed by atoms with E-state index in [-0.39, 0.29) is 18.0 Å². The first-order valence-corrected chi connectivity index (χ1v) is 7.50. The van der Waals surface area contributed by atoms with E-state index in [0.29, 0.717) is 16.8 Å². The minimum absolute atomic E-state index is 0.0248. The molecule has 0 saturated heterocycles. The van der Waals surface area contributed by atoms with E-state index >= 15 is 0 Å². The highest BCUT2D eigenvalue weighted by atomic mass is 19.1. The van der Waals surface area contributed by atoms with Crippen molar-refractivity contribution in [1.29, 1.82) is 0 Å². The van der Waals surface area contributed by atoms with Gasteiger partial charge in [-0.25, -0.2) is 13.5 Å². The van der Waals surface area contributed by atoms with Crippen LogP contribution < -0.4 is 10.9 Å². The number of carbonyl (C=O) groups excluding carboxylic acids is 1. The standard InChI is InChI=1S/C17H19F2N3O2/c1-9(13-6-5-12(18)7-14(13)19)8-20-16(23)15-10(2)11(3)21-22(4)17(15)24/h5-7,9H,8H2,1-4H3,(H,20,23)/t9-/m0/s1. The summed E-state index contributed by atoms with van der Waals surface area (Å²) >= 11 is 0. The number of amides is 1. The molecule has 0 bridgehead atoms. The van der Waals surface area contributed by atoms with Crippen LogP contribution in [0.2, 0.25) is 0 Å². The van der Waals surface area contributed by atoms with Crippen molar-refractivity contribution >= 4 is 5.91 Å². The molecule has 7 heteroatoms. The number of halogens is 2. The first kappa shape index (κ1) is 17.8. The summed E-state index contributed by atoms with van der Waals surface area (Å²) < 4.78 is 27.8. The van der Waals surface area contributed by atoms with Crippen LogP contribution >= 0.6 is 0 Å². The lowest BCUT2D eigenvalue weighted by Gasteiger charge is -2.15. The lowest BCUT2D eigenvalue weighted by atomic mass is 10.00. The first-order chi connectivity index (χ1) is 11.2. The van der Waals surface area contributed by atoms with E-state index in [1.54, 1.807) is 20.8 Å². The predicted molar refractivity (Wildman–Crippen MR) is 86.1 cm³/mol. The summed E-state index contributed by atoms with van der Waals surface area (Å²) in [4.78, 5) is 24.5. The van der Waals surface area contributed by atoms with Gasteiger partial charge in [-0.2, -0.15) is 5.10 Å². The summed E-state index contributed by atoms with van der Waals surface area (Å²) in [7, 11) is 1.47. The Morgan fingerprint density at radius 2 is 2.00 bits per heavy atom. The van der Waals surface area contributed by atoms with Crippen LogP contribution in [0.1, 0.15) is 40.0 Å². The van der Waals surface area contributed by atoms with E-state index < -0.39 is 23.1 Å². The minimum Gasteiger partial charge on any atom is -0.351 e. The number of nitrogens with one attached hydrogen (secondary N) is 1. The van der Waals surface area contributed by atoms with Crippen molar-refractivity contribution in [3.63, 3.8) is 0 Å². The van der Waals surface area contributed by atoms with Crippen molar-refractivity contribution in [2.45, 2.75) is 26.7 Å². The third-order valence-corrected chi connectivity index (χ3v) is 4.01. The van der Waals surface area contributed by atoms with Crippen molar-refractivity contribution in [2.75, 3.05) is 6.54 Å². The summed E-state index contributed by atoms with van der Waals surface area (Å²) in [5, 5.41) is 6.65. The molecule has 24 heavy (non-hydrogen) atoms. The molecule has 0 saturated carbocycles. The highest BCUT2D eigenvalue weighted by Crippen LogP contribution is 2.19. The van der Waals surface area contributed by atoms with Gasteiger partial charge in [-0.1, -0.05) is 13.0 Å². The SMILES string of the molecule is Cc1nn(C)c(=O)c(C(=O)NC[C@H](C)c2ccc(F)cc2F)c1C. The molecular weight excluding hydrogens is 316 g/mol. The van der Waals surface area contributed by atoms with Crippen molar-refractivity contribution < 1.29 is 13.6 Å². The zero-order chi connectivity index (χ0) is 18.0. The molecule has 1 N–H and O–H groups in total. The Hall–Kier alpha value is -2.57. The van der Waals surface area contributed by atoms with Crippen LogP contribution in [-0.2, 0) is 7.05 Å². The maximum absolute atomic E-state index is 13.8. The zero-order valence-corrected chi connectivity index (χ0v) is 14.0. The molecule has 0 radical (unpaired) electrons. The number of rotatable bonds is 4. The second-order valence-electron chi connectivity index (χ2n) is 5.79. The molecular formula is C17H19F2N3O2. The van der Waals surface area contributed by atoms with Gasteiger partial charge in [-0.05, 0) is 31.0 Å². The van der Waals surface area contributed by atoms with Gasteiger partial charge in [0.1, 0.15) is 17.2 Å². The fourth-order valence-corrected chi connectivity index (χ4v) is 2.46. The van der Waals surface area contributed by atoms with Crippen molar-refractivity contribution in [2.24, 2.45) is 7.05 Å². The van der Waals surface area contributed by atoms with Gasteiger partial charge in [0.15, 0.2) is 0 Å². The molecule has 5 nitrogen and oxygen atoms in total. The van der Waals surface area contributed by atoms with Crippen LogP contribution in [-0.4, -0.2) is 22.2 Å². The fraction of sp³-hybridized carbons (Fsp3) is 0.353. The van der Waals surface area contributed by atoms with Crippen molar-refractivity contribution in [3.8, 4) is 0 Å². The quantitative estimate of drug-likeness (QED) is 0.932. The first-order valence-electron chi connectivity index (χ1n) is 7.50. The maximum atomic E-state index is 13.8. The van der Waals surface area contributed by atoms with Crippen LogP contribution in [0.25, 0.3) is 0 Å². The molecule has 1 aromatic carbocycles. The highest BCUT2D eigenvalue weighted by molar-refractivity contribution is 5.95. The summed E-state index contributed by atoms with van der Waals surface area (Å²) in [5.41, 5.74) is 0.927. The fourth-order valence-electron chi connectivity index (χ4n) is 2.46. The zero-order valence-electron chi connectivity index (χ0n) is 14.0. The molecule has 1 amide bonds. The Balaban J connectivity index is 2.18.